The number of hydrogen-bond acceptors (Lipinski definition) is 5. The molecule has 0 saturated carbocycles. The van der Waals surface area contributed by atoms with Crippen LogP contribution in [0.1, 0.15) is 5.56 Å². The lowest BCUT2D eigenvalue weighted by Gasteiger charge is -2.17. The lowest BCUT2D eigenvalue weighted by molar-refractivity contribution is 0.0543. The summed E-state index contributed by atoms with van der Waals surface area (Å²) >= 11 is 0. The molecule has 0 bridgehead atoms. The molecule has 15 heavy (non-hydrogen) atoms. The Hall–Kier alpha value is -1.30. The summed E-state index contributed by atoms with van der Waals surface area (Å²) in [6.07, 6.45) is 0.126. The zero-order chi connectivity index (χ0) is 11.5. The maximum Gasteiger partial charge on any atom is 0.170 e. The highest BCUT2D eigenvalue weighted by Crippen LogP contribution is 2.23. The normalized spacial score (nSPS) is 11.3. The number of methoxy groups -OCH3 is 2. The summed E-state index contributed by atoms with van der Waals surface area (Å²) < 4.78 is 10.1. The topological polar surface area (TPSA) is 90.7 Å². The van der Waals surface area contributed by atoms with Crippen LogP contribution in [0.25, 0.3) is 0 Å². The molecule has 0 saturated heterocycles. The summed E-state index contributed by atoms with van der Waals surface area (Å²) in [6, 6.07) is 5.22. The number of benzene rings is 1. The van der Waals surface area contributed by atoms with Gasteiger partial charge in [0.25, 0.3) is 0 Å². The van der Waals surface area contributed by atoms with Gasteiger partial charge in [0.05, 0.1) is 14.2 Å². The number of rotatable bonds is 4. The Morgan fingerprint density at radius 1 is 1.13 bits per heavy atom. The molecule has 1 rings (SSSR count). The summed E-state index contributed by atoms with van der Waals surface area (Å²) in [6.45, 7) is 0. The van der Waals surface area contributed by atoms with Crippen molar-refractivity contribution >= 4 is 0 Å². The number of ether oxygens (including phenoxy) is 2. The van der Waals surface area contributed by atoms with Gasteiger partial charge in [-0.05, 0) is 17.7 Å². The number of aliphatic hydroxyl groups is 1. The van der Waals surface area contributed by atoms with Crippen LogP contribution in [-0.2, 0) is 6.42 Å². The van der Waals surface area contributed by atoms with Gasteiger partial charge in [-0.15, -0.1) is 0 Å². The third kappa shape index (κ3) is 3.75. The Bertz CT molecular complexity index is 312. The first kappa shape index (κ1) is 11.8. The molecule has 0 aliphatic rings. The Morgan fingerprint density at radius 2 is 1.60 bits per heavy atom. The molecular formula is C10H16N2O3. The molecule has 0 spiro atoms. The van der Waals surface area contributed by atoms with Crippen LogP contribution in [0.4, 0.5) is 0 Å². The van der Waals surface area contributed by atoms with E-state index in [0.29, 0.717) is 11.5 Å². The van der Waals surface area contributed by atoms with Crippen molar-refractivity contribution in [3.05, 3.63) is 23.8 Å². The molecular weight excluding hydrogens is 196 g/mol. The van der Waals surface area contributed by atoms with Crippen molar-refractivity contribution in [1.82, 2.24) is 0 Å². The Morgan fingerprint density at radius 3 is 1.93 bits per heavy atom. The molecule has 0 amide bonds. The van der Waals surface area contributed by atoms with Crippen molar-refractivity contribution in [3.8, 4) is 11.5 Å². The van der Waals surface area contributed by atoms with Gasteiger partial charge in [0.15, 0.2) is 5.85 Å². The van der Waals surface area contributed by atoms with Crippen molar-refractivity contribution in [3.63, 3.8) is 0 Å². The van der Waals surface area contributed by atoms with E-state index in [1.807, 2.05) is 0 Å². The van der Waals surface area contributed by atoms with Crippen molar-refractivity contribution in [1.29, 1.82) is 0 Å². The van der Waals surface area contributed by atoms with Crippen LogP contribution in [0.5, 0.6) is 11.5 Å². The maximum absolute atomic E-state index is 9.27. The highest BCUT2D eigenvalue weighted by atomic mass is 16.5. The third-order valence-corrected chi connectivity index (χ3v) is 1.90. The van der Waals surface area contributed by atoms with Crippen LogP contribution in [0, 0.1) is 0 Å². The first-order valence-corrected chi connectivity index (χ1v) is 4.46. The van der Waals surface area contributed by atoms with Gasteiger partial charge in [-0.2, -0.15) is 0 Å². The molecule has 84 valence electrons. The zero-order valence-electron chi connectivity index (χ0n) is 8.86. The maximum atomic E-state index is 9.27. The van der Waals surface area contributed by atoms with Crippen LogP contribution in [0.2, 0.25) is 0 Å². The second-order valence-electron chi connectivity index (χ2n) is 3.39. The van der Waals surface area contributed by atoms with Gasteiger partial charge < -0.3 is 14.6 Å². The zero-order valence-corrected chi connectivity index (χ0v) is 8.86. The molecule has 5 heteroatoms. The smallest absolute Gasteiger partial charge is 0.170 e. The second-order valence-corrected chi connectivity index (χ2v) is 3.39. The molecule has 1 aromatic rings. The van der Waals surface area contributed by atoms with Crippen LogP contribution >= 0.6 is 0 Å². The van der Waals surface area contributed by atoms with Crippen molar-refractivity contribution in [2.45, 2.75) is 12.3 Å². The first-order valence-electron chi connectivity index (χ1n) is 4.46. The SMILES string of the molecule is COc1cc(CC(N)(N)O)cc(OC)c1. The molecule has 0 unspecified atom stereocenters. The number of nitrogens with two attached hydrogens (primary N) is 2. The van der Waals surface area contributed by atoms with Gasteiger partial charge in [0, 0.05) is 12.5 Å². The van der Waals surface area contributed by atoms with Crippen LogP contribution in [0.15, 0.2) is 18.2 Å². The van der Waals surface area contributed by atoms with Crippen molar-refractivity contribution in [2.75, 3.05) is 14.2 Å². The second kappa shape index (κ2) is 4.48. The van der Waals surface area contributed by atoms with Gasteiger partial charge in [0.1, 0.15) is 11.5 Å². The van der Waals surface area contributed by atoms with Crippen molar-refractivity contribution < 1.29 is 14.6 Å². The van der Waals surface area contributed by atoms with Gasteiger partial charge in [-0.25, -0.2) is 0 Å². The van der Waals surface area contributed by atoms with Crippen LogP contribution in [0.3, 0.4) is 0 Å². The van der Waals surface area contributed by atoms with Gasteiger partial charge in [0.2, 0.25) is 0 Å². The Balaban J connectivity index is 2.97. The molecule has 0 aromatic heterocycles. The average Bonchev–Trinajstić information content (AvgIpc) is 2.14. The van der Waals surface area contributed by atoms with Gasteiger partial charge in [-0.1, -0.05) is 0 Å². The molecule has 0 radical (unpaired) electrons. The van der Waals surface area contributed by atoms with Crippen molar-refractivity contribution in [2.24, 2.45) is 11.5 Å². The van der Waals surface area contributed by atoms with E-state index in [1.54, 1.807) is 32.4 Å². The monoisotopic (exact) mass is 212 g/mol. The first-order chi connectivity index (χ1) is 6.94. The summed E-state index contributed by atoms with van der Waals surface area (Å²) in [5.41, 5.74) is 11.4. The lowest BCUT2D eigenvalue weighted by Crippen LogP contribution is -2.51. The number of hydrogen-bond donors (Lipinski definition) is 3. The van der Waals surface area contributed by atoms with E-state index in [-0.39, 0.29) is 6.42 Å². The molecule has 0 atom stereocenters. The van der Waals surface area contributed by atoms with Gasteiger partial charge in [-0.3, -0.25) is 11.5 Å². The predicted octanol–water partition coefficient (Wildman–Crippen LogP) is -0.190. The predicted molar refractivity (Wildman–Crippen MR) is 56.6 cm³/mol. The standard InChI is InChI=1S/C10H16N2O3/c1-14-8-3-7(6-10(11,12)13)4-9(5-8)15-2/h3-5,13H,6,11-12H2,1-2H3. The minimum absolute atomic E-state index is 0.126. The average molecular weight is 212 g/mol. The summed E-state index contributed by atoms with van der Waals surface area (Å²) in [7, 11) is 3.10. The molecule has 5 nitrogen and oxygen atoms in total. The fourth-order valence-corrected chi connectivity index (χ4v) is 1.30. The molecule has 0 heterocycles. The largest absolute Gasteiger partial charge is 0.497 e. The minimum Gasteiger partial charge on any atom is -0.497 e. The molecule has 1 aromatic carbocycles. The highest BCUT2D eigenvalue weighted by Gasteiger charge is 2.15. The molecule has 0 aliphatic heterocycles. The molecule has 0 aliphatic carbocycles. The quantitative estimate of drug-likeness (QED) is 0.602. The van der Waals surface area contributed by atoms with E-state index in [0.717, 1.165) is 5.56 Å². The van der Waals surface area contributed by atoms with E-state index in [4.69, 9.17) is 20.9 Å². The summed E-state index contributed by atoms with van der Waals surface area (Å²) in [4.78, 5) is 0. The Kier molecular flexibility index (Phi) is 3.52. The van der Waals surface area contributed by atoms with E-state index < -0.39 is 5.85 Å². The van der Waals surface area contributed by atoms with E-state index in [9.17, 15) is 5.11 Å². The van der Waals surface area contributed by atoms with Crippen LogP contribution < -0.4 is 20.9 Å². The third-order valence-electron chi connectivity index (χ3n) is 1.90. The van der Waals surface area contributed by atoms with Gasteiger partial charge >= 0.3 is 0 Å². The van der Waals surface area contributed by atoms with Crippen LogP contribution in [-0.4, -0.2) is 25.2 Å². The molecule has 0 fully saturated rings. The Labute approximate surface area is 88.6 Å². The fourth-order valence-electron chi connectivity index (χ4n) is 1.30. The van der Waals surface area contributed by atoms with E-state index in [2.05, 4.69) is 0 Å². The molecule has 5 N–H and O–H groups in total. The minimum atomic E-state index is -1.72. The highest BCUT2D eigenvalue weighted by molar-refractivity contribution is 5.38. The lowest BCUT2D eigenvalue weighted by atomic mass is 10.1. The fraction of sp³-hybridized carbons (Fsp3) is 0.400. The summed E-state index contributed by atoms with van der Waals surface area (Å²) in [5.74, 6) is -0.459. The van der Waals surface area contributed by atoms with E-state index in [1.165, 1.54) is 0 Å². The van der Waals surface area contributed by atoms with E-state index >= 15 is 0 Å². The summed E-state index contributed by atoms with van der Waals surface area (Å²) in [5, 5.41) is 9.27.